The van der Waals surface area contributed by atoms with Gasteiger partial charge in [-0.15, -0.1) is 0 Å². The highest BCUT2D eigenvalue weighted by atomic mass is 19.1. The van der Waals surface area contributed by atoms with Crippen molar-refractivity contribution in [3.8, 4) is 5.75 Å². The predicted molar refractivity (Wildman–Crippen MR) is 59.7 cm³/mol. The summed E-state index contributed by atoms with van der Waals surface area (Å²) in [5, 5.41) is 8.92. The first-order chi connectivity index (χ1) is 8.66. The first kappa shape index (κ1) is 12.0. The molecule has 2 aromatic rings. The van der Waals surface area contributed by atoms with Crippen LogP contribution in [0.5, 0.6) is 5.75 Å². The van der Waals surface area contributed by atoms with Crippen LogP contribution in [-0.2, 0) is 6.61 Å². The summed E-state index contributed by atoms with van der Waals surface area (Å²) in [7, 11) is 0. The Balaban J connectivity index is 2.18. The lowest BCUT2D eigenvalue weighted by molar-refractivity contribution is 0.0691. The Morgan fingerprint density at radius 3 is 2.72 bits per heavy atom. The number of ether oxygens (including phenoxy) is 1. The second-order valence-corrected chi connectivity index (χ2v) is 3.40. The maximum atomic E-state index is 13.0. The molecule has 0 saturated heterocycles. The second-order valence-electron chi connectivity index (χ2n) is 3.40. The molecule has 2 rings (SSSR count). The molecule has 18 heavy (non-hydrogen) atoms. The van der Waals surface area contributed by atoms with Gasteiger partial charge in [0.15, 0.2) is 5.82 Å². The minimum atomic E-state index is -1.18. The maximum Gasteiger partial charge on any atom is 0.339 e. The highest BCUT2D eigenvalue weighted by Gasteiger charge is 2.12. The van der Waals surface area contributed by atoms with Crippen molar-refractivity contribution in [3.63, 3.8) is 0 Å². The molecule has 1 aromatic heterocycles. The van der Waals surface area contributed by atoms with Gasteiger partial charge in [-0.1, -0.05) is 0 Å². The number of hydrogen-bond donors (Lipinski definition) is 1. The number of hydrogen-bond acceptors (Lipinski definition) is 4. The van der Waals surface area contributed by atoms with Crippen LogP contribution in [0, 0.1) is 5.82 Å². The number of carboxylic acid groups (broad SMARTS) is 1. The third-order valence-corrected chi connectivity index (χ3v) is 2.15. The number of rotatable bonds is 4. The van der Waals surface area contributed by atoms with Gasteiger partial charge in [-0.25, -0.2) is 19.2 Å². The van der Waals surface area contributed by atoms with Crippen LogP contribution in [0.4, 0.5) is 4.39 Å². The summed E-state index contributed by atoms with van der Waals surface area (Å²) in [6.45, 7) is -0.0232. The van der Waals surface area contributed by atoms with Crippen LogP contribution in [-0.4, -0.2) is 21.0 Å². The van der Waals surface area contributed by atoms with Gasteiger partial charge in [0.25, 0.3) is 0 Å². The van der Waals surface area contributed by atoms with E-state index < -0.39 is 11.8 Å². The van der Waals surface area contributed by atoms with E-state index in [0.29, 0.717) is 5.82 Å². The summed E-state index contributed by atoms with van der Waals surface area (Å²) in [5.74, 6) is -1.41. The largest absolute Gasteiger partial charge is 0.485 e. The highest BCUT2D eigenvalue weighted by molar-refractivity contribution is 5.90. The molecule has 1 N–H and O–H groups in total. The number of aromatic carboxylic acids is 1. The van der Waals surface area contributed by atoms with Gasteiger partial charge in [0.2, 0.25) is 0 Å². The fourth-order valence-electron chi connectivity index (χ4n) is 1.34. The van der Waals surface area contributed by atoms with Gasteiger partial charge < -0.3 is 9.84 Å². The minimum absolute atomic E-state index is 0.0232. The van der Waals surface area contributed by atoms with E-state index in [-0.39, 0.29) is 17.9 Å². The SMILES string of the molecule is O=C(O)c1ccc(F)cc1OCc1ncccn1. The molecule has 92 valence electrons. The van der Waals surface area contributed by atoms with Gasteiger partial charge in [-0.05, 0) is 18.2 Å². The standard InChI is InChI=1S/C12H9FN2O3/c13-8-2-3-9(12(16)17)10(6-8)18-7-11-14-4-1-5-15-11/h1-6H,7H2,(H,16,17). The van der Waals surface area contributed by atoms with E-state index in [0.717, 1.165) is 18.2 Å². The topological polar surface area (TPSA) is 72.3 Å². The zero-order valence-electron chi connectivity index (χ0n) is 9.21. The van der Waals surface area contributed by atoms with Crippen LogP contribution in [0.25, 0.3) is 0 Å². The van der Waals surface area contributed by atoms with Crippen molar-refractivity contribution in [2.45, 2.75) is 6.61 Å². The van der Waals surface area contributed by atoms with Gasteiger partial charge in [0.05, 0.1) is 0 Å². The molecule has 1 aromatic carbocycles. The fraction of sp³-hybridized carbons (Fsp3) is 0.0833. The summed E-state index contributed by atoms with van der Waals surface area (Å²) in [4.78, 5) is 18.7. The summed E-state index contributed by atoms with van der Waals surface area (Å²) in [6.07, 6.45) is 3.07. The molecule has 0 amide bonds. The zero-order chi connectivity index (χ0) is 13.0. The lowest BCUT2D eigenvalue weighted by Gasteiger charge is -2.08. The van der Waals surface area contributed by atoms with E-state index in [4.69, 9.17) is 9.84 Å². The molecular formula is C12H9FN2O3. The average Bonchev–Trinajstić information content (AvgIpc) is 2.37. The van der Waals surface area contributed by atoms with E-state index >= 15 is 0 Å². The molecule has 1 heterocycles. The average molecular weight is 248 g/mol. The van der Waals surface area contributed by atoms with Crippen LogP contribution in [0.1, 0.15) is 16.2 Å². The second kappa shape index (κ2) is 5.22. The van der Waals surface area contributed by atoms with E-state index in [9.17, 15) is 9.18 Å². The minimum Gasteiger partial charge on any atom is -0.485 e. The maximum absolute atomic E-state index is 13.0. The van der Waals surface area contributed by atoms with Crippen LogP contribution in [0.15, 0.2) is 36.7 Å². The van der Waals surface area contributed by atoms with E-state index in [1.54, 1.807) is 6.07 Å². The monoisotopic (exact) mass is 248 g/mol. The molecule has 0 aliphatic rings. The molecule has 0 aliphatic carbocycles. The summed E-state index contributed by atoms with van der Waals surface area (Å²) >= 11 is 0. The van der Waals surface area contributed by atoms with Crippen molar-refractivity contribution in [2.75, 3.05) is 0 Å². The van der Waals surface area contributed by atoms with Crippen molar-refractivity contribution >= 4 is 5.97 Å². The van der Waals surface area contributed by atoms with Crippen LogP contribution >= 0.6 is 0 Å². The van der Waals surface area contributed by atoms with E-state index in [1.165, 1.54) is 12.4 Å². The fourth-order valence-corrected chi connectivity index (χ4v) is 1.34. The van der Waals surface area contributed by atoms with Crippen molar-refractivity contribution in [1.29, 1.82) is 0 Å². The molecule has 0 aliphatic heterocycles. The Kier molecular flexibility index (Phi) is 3.47. The number of halogens is 1. The smallest absolute Gasteiger partial charge is 0.339 e. The Hall–Kier alpha value is -2.50. The molecule has 0 radical (unpaired) electrons. The van der Waals surface area contributed by atoms with Crippen LogP contribution in [0.2, 0.25) is 0 Å². The van der Waals surface area contributed by atoms with Gasteiger partial charge in [-0.3, -0.25) is 0 Å². The summed E-state index contributed by atoms with van der Waals surface area (Å²) < 4.78 is 18.3. The molecule has 0 bridgehead atoms. The van der Waals surface area contributed by atoms with Crippen molar-refractivity contribution in [2.24, 2.45) is 0 Å². The van der Waals surface area contributed by atoms with E-state index in [2.05, 4.69) is 9.97 Å². The third kappa shape index (κ3) is 2.79. The molecule has 0 unspecified atom stereocenters. The highest BCUT2D eigenvalue weighted by Crippen LogP contribution is 2.20. The first-order valence-corrected chi connectivity index (χ1v) is 5.08. The number of carboxylic acids is 1. The van der Waals surface area contributed by atoms with Crippen molar-refractivity contribution in [3.05, 3.63) is 53.9 Å². The van der Waals surface area contributed by atoms with Gasteiger partial charge >= 0.3 is 5.97 Å². The first-order valence-electron chi connectivity index (χ1n) is 5.08. The molecule has 0 atom stereocenters. The van der Waals surface area contributed by atoms with Gasteiger partial charge in [0, 0.05) is 18.5 Å². The molecule has 0 saturated carbocycles. The predicted octanol–water partition coefficient (Wildman–Crippen LogP) is 1.89. The number of benzene rings is 1. The molecule has 6 heteroatoms. The normalized spacial score (nSPS) is 10.1. The Bertz CT molecular complexity index is 561. The zero-order valence-corrected chi connectivity index (χ0v) is 9.21. The summed E-state index contributed by atoms with van der Waals surface area (Å²) in [5.41, 5.74) is -0.104. The van der Waals surface area contributed by atoms with Crippen molar-refractivity contribution < 1.29 is 19.0 Å². The Morgan fingerprint density at radius 2 is 2.06 bits per heavy atom. The molecular weight excluding hydrogens is 239 g/mol. The van der Waals surface area contributed by atoms with Crippen LogP contribution in [0.3, 0.4) is 0 Å². The number of nitrogens with zero attached hydrogens (tertiary/aromatic N) is 2. The van der Waals surface area contributed by atoms with Crippen molar-refractivity contribution in [1.82, 2.24) is 9.97 Å². The Morgan fingerprint density at radius 1 is 1.33 bits per heavy atom. The lowest BCUT2D eigenvalue weighted by Crippen LogP contribution is -2.05. The van der Waals surface area contributed by atoms with Gasteiger partial charge in [0.1, 0.15) is 23.7 Å². The van der Waals surface area contributed by atoms with E-state index in [1.807, 2.05) is 0 Å². The Labute approximate surface area is 102 Å². The van der Waals surface area contributed by atoms with Gasteiger partial charge in [-0.2, -0.15) is 0 Å². The third-order valence-electron chi connectivity index (χ3n) is 2.15. The lowest BCUT2D eigenvalue weighted by atomic mass is 10.2. The summed E-state index contributed by atoms with van der Waals surface area (Å²) in [6, 6.07) is 4.88. The number of carbonyl (C=O) groups is 1. The molecule has 5 nitrogen and oxygen atoms in total. The quantitative estimate of drug-likeness (QED) is 0.894. The molecule has 0 fully saturated rings. The molecule has 0 spiro atoms. The van der Waals surface area contributed by atoms with Crippen LogP contribution < -0.4 is 4.74 Å². The number of aromatic nitrogens is 2.